The largest absolute Gasteiger partial charge is 0.333 e. The molecule has 1 fully saturated rings. The molecule has 2 N–H and O–H groups in total. The normalized spacial score (nSPS) is 20.7. The highest BCUT2D eigenvalue weighted by Crippen LogP contribution is 2.26. The third-order valence-electron chi connectivity index (χ3n) is 2.91. The Morgan fingerprint density at radius 1 is 1.44 bits per heavy atom. The van der Waals surface area contributed by atoms with Crippen molar-refractivity contribution in [2.45, 2.75) is 23.8 Å². The number of hydrogen-bond acceptors (Lipinski definition) is 3. The van der Waals surface area contributed by atoms with Crippen LogP contribution in [0.3, 0.4) is 0 Å². The van der Waals surface area contributed by atoms with Gasteiger partial charge in [0.25, 0.3) is 0 Å². The van der Waals surface area contributed by atoms with Crippen molar-refractivity contribution in [2.75, 3.05) is 13.1 Å². The van der Waals surface area contributed by atoms with Gasteiger partial charge in [0.05, 0.1) is 11.0 Å². The molecule has 0 bridgehead atoms. The predicted octanol–water partition coefficient (Wildman–Crippen LogP) is 2.33. The molecule has 0 amide bonds. The van der Waals surface area contributed by atoms with E-state index in [0.29, 0.717) is 5.25 Å². The Bertz CT molecular complexity index is 500. The van der Waals surface area contributed by atoms with Crippen molar-refractivity contribution in [1.82, 2.24) is 15.3 Å². The summed E-state index contributed by atoms with van der Waals surface area (Å²) in [6, 6.07) is 6.34. The zero-order valence-electron chi connectivity index (χ0n) is 9.29. The average Bonchev–Trinajstić information content (AvgIpc) is 2.86. The number of fused-ring (bicyclic) bond motifs is 1. The summed E-state index contributed by atoms with van der Waals surface area (Å²) in [6.45, 7) is 4.34. The fourth-order valence-corrected chi connectivity index (χ4v) is 3.12. The first-order chi connectivity index (χ1) is 7.81. The number of imidazole rings is 1. The van der Waals surface area contributed by atoms with Crippen molar-refractivity contribution < 1.29 is 0 Å². The molecule has 3 rings (SSSR count). The minimum atomic E-state index is 0.668. The number of thioether (sulfide) groups is 1. The topological polar surface area (TPSA) is 40.7 Å². The van der Waals surface area contributed by atoms with E-state index in [-0.39, 0.29) is 0 Å². The molecule has 1 atom stereocenters. The summed E-state index contributed by atoms with van der Waals surface area (Å²) < 4.78 is 0. The number of H-pyrrole nitrogens is 1. The first kappa shape index (κ1) is 10.2. The Kier molecular flexibility index (Phi) is 2.61. The summed E-state index contributed by atoms with van der Waals surface area (Å²) in [5, 5.41) is 5.09. The zero-order chi connectivity index (χ0) is 11.0. The molecule has 0 aliphatic carbocycles. The third-order valence-corrected chi connectivity index (χ3v) is 4.06. The van der Waals surface area contributed by atoms with Crippen LogP contribution in [0.15, 0.2) is 23.4 Å². The molecule has 16 heavy (non-hydrogen) atoms. The minimum Gasteiger partial charge on any atom is -0.333 e. The Balaban J connectivity index is 1.86. The molecule has 0 saturated carbocycles. The predicted molar refractivity (Wildman–Crippen MR) is 68.0 cm³/mol. The molecule has 1 aliphatic heterocycles. The molecule has 1 aromatic carbocycles. The van der Waals surface area contributed by atoms with E-state index >= 15 is 0 Å². The van der Waals surface area contributed by atoms with Crippen LogP contribution in [-0.4, -0.2) is 28.3 Å². The molecule has 3 nitrogen and oxygen atoms in total. The van der Waals surface area contributed by atoms with Gasteiger partial charge in [0.15, 0.2) is 5.16 Å². The summed E-state index contributed by atoms with van der Waals surface area (Å²) >= 11 is 1.85. The summed E-state index contributed by atoms with van der Waals surface area (Å²) in [7, 11) is 0. The van der Waals surface area contributed by atoms with Gasteiger partial charge in [-0.1, -0.05) is 17.8 Å². The number of benzene rings is 1. The van der Waals surface area contributed by atoms with Gasteiger partial charge < -0.3 is 10.3 Å². The SMILES string of the molecule is Cc1ccc2nc(SC3CCNC3)[nH]c2c1. The molecule has 2 aromatic rings. The first-order valence-electron chi connectivity index (χ1n) is 5.65. The molecule has 2 heterocycles. The smallest absolute Gasteiger partial charge is 0.166 e. The highest BCUT2D eigenvalue weighted by atomic mass is 32.2. The van der Waals surface area contributed by atoms with Crippen molar-refractivity contribution in [3.63, 3.8) is 0 Å². The standard InChI is InChI=1S/C12H15N3S/c1-8-2-3-10-11(6-8)15-12(14-10)16-9-4-5-13-7-9/h2-3,6,9,13H,4-5,7H2,1H3,(H,14,15). The van der Waals surface area contributed by atoms with Gasteiger partial charge >= 0.3 is 0 Å². The van der Waals surface area contributed by atoms with Crippen molar-refractivity contribution in [3.8, 4) is 0 Å². The number of rotatable bonds is 2. The van der Waals surface area contributed by atoms with Crippen LogP contribution in [0.4, 0.5) is 0 Å². The highest BCUT2D eigenvalue weighted by molar-refractivity contribution is 7.99. The second kappa shape index (κ2) is 4.11. The molecule has 4 heteroatoms. The van der Waals surface area contributed by atoms with E-state index in [0.717, 1.165) is 29.3 Å². The van der Waals surface area contributed by atoms with Crippen molar-refractivity contribution in [3.05, 3.63) is 23.8 Å². The van der Waals surface area contributed by atoms with Crippen LogP contribution >= 0.6 is 11.8 Å². The molecule has 84 valence electrons. The Morgan fingerprint density at radius 3 is 3.19 bits per heavy atom. The van der Waals surface area contributed by atoms with E-state index in [9.17, 15) is 0 Å². The Hall–Kier alpha value is -1.00. The van der Waals surface area contributed by atoms with E-state index in [4.69, 9.17) is 0 Å². The second-order valence-corrected chi connectivity index (χ2v) is 5.58. The van der Waals surface area contributed by atoms with Crippen LogP contribution in [0.5, 0.6) is 0 Å². The maximum atomic E-state index is 4.60. The number of nitrogens with one attached hydrogen (secondary N) is 2. The lowest BCUT2D eigenvalue weighted by Gasteiger charge is -2.03. The van der Waals surface area contributed by atoms with E-state index in [2.05, 4.69) is 40.4 Å². The summed E-state index contributed by atoms with van der Waals surface area (Å²) in [5.41, 5.74) is 3.49. The summed E-state index contributed by atoms with van der Waals surface area (Å²) in [6.07, 6.45) is 1.24. The van der Waals surface area contributed by atoms with Crippen LogP contribution in [0.2, 0.25) is 0 Å². The lowest BCUT2D eigenvalue weighted by Crippen LogP contribution is -2.10. The third kappa shape index (κ3) is 1.95. The average molecular weight is 233 g/mol. The van der Waals surface area contributed by atoms with Crippen LogP contribution in [0, 0.1) is 6.92 Å². The summed E-state index contributed by atoms with van der Waals surface area (Å²) in [5.74, 6) is 0. The fraction of sp³-hybridized carbons (Fsp3) is 0.417. The fourth-order valence-electron chi connectivity index (χ4n) is 2.04. The maximum absolute atomic E-state index is 4.60. The van der Waals surface area contributed by atoms with Crippen molar-refractivity contribution in [2.24, 2.45) is 0 Å². The lowest BCUT2D eigenvalue weighted by atomic mass is 10.2. The monoisotopic (exact) mass is 233 g/mol. The zero-order valence-corrected chi connectivity index (χ0v) is 10.1. The Labute approximate surface area is 99.0 Å². The highest BCUT2D eigenvalue weighted by Gasteiger charge is 2.17. The number of aryl methyl sites for hydroxylation is 1. The van der Waals surface area contributed by atoms with E-state index in [1.165, 1.54) is 12.0 Å². The maximum Gasteiger partial charge on any atom is 0.166 e. The van der Waals surface area contributed by atoms with E-state index in [1.54, 1.807) is 0 Å². The molecule has 1 unspecified atom stereocenters. The van der Waals surface area contributed by atoms with Gasteiger partial charge in [0.2, 0.25) is 0 Å². The van der Waals surface area contributed by atoms with Gasteiger partial charge in [-0.3, -0.25) is 0 Å². The van der Waals surface area contributed by atoms with Gasteiger partial charge in [0, 0.05) is 11.8 Å². The van der Waals surface area contributed by atoms with Gasteiger partial charge in [-0.15, -0.1) is 0 Å². The Morgan fingerprint density at radius 2 is 2.38 bits per heavy atom. The summed E-state index contributed by atoms with van der Waals surface area (Å²) in [4.78, 5) is 7.98. The van der Waals surface area contributed by atoms with Gasteiger partial charge in [-0.2, -0.15) is 0 Å². The minimum absolute atomic E-state index is 0.668. The van der Waals surface area contributed by atoms with Crippen LogP contribution < -0.4 is 5.32 Å². The molecule has 0 spiro atoms. The second-order valence-electron chi connectivity index (χ2n) is 4.30. The number of hydrogen-bond donors (Lipinski definition) is 2. The molecule has 1 aromatic heterocycles. The number of aromatic amines is 1. The molecule has 1 saturated heterocycles. The van der Waals surface area contributed by atoms with Crippen molar-refractivity contribution in [1.29, 1.82) is 0 Å². The van der Waals surface area contributed by atoms with Crippen LogP contribution in [-0.2, 0) is 0 Å². The number of nitrogens with zero attached hydrogens (tertiary/aromatic N) is 1. The molecule has 0 radical (unpaired) electrons. The quantitative estimate of drug-likeness (QED) is 0.836. The van der Waals surface area contributed by atoms with Crippen LogP contribution in [0.25, 0.3) is 11.0 Å². The van der Waals surface area contributed by atoms with E-state index in [1.807, 2.05) is 11.8 Å². The van der Waals surface area contributed by atoms with Crippen LogP contribution in [0.1, 0.15) is 12.0 Å². The van der Waals surface area contributed by atoms with Gasteiger partial charge in [0.1, 0.15) is 0 Å². The number of aromatic nitrogens is 2. The molecular weight excluding hydrogens is 218 g/mol. The molecule has 1 aliphatic rings. The first-order valence-corrected chi connectivity index (χ1v) is 6.53. The van der Waals surface area contributed by atoms with Crippen molar-refractivity contribution >= 4 is 22.8 Å². The van der Waals surface area contributed by atoms with E-state index < -0.39 is 0 Å². The van der Waals surface area contributed by atoms with Gasteiger partial charge in [-0.05, 0) is 37.6 Å². The molecular formula is C12H15N3S. The van der Waals surface area contributed by atoms with Gasteiger partial charge in [-0.25, -0.2) is 4.98 Å². The lowest BCUT2D eigenvalue weighted by molar-refractivity contribution is 0.858.